The van der Waals surface area contributed by atoms with Crippen LogP contribution in [-0.4, -0.2) is 22.3 Å². The van der Waals surface area contributed by atoms with Crippen LogP contribution in [0.15, 0.2) is 47.1 Å². The lowest BCUT2D eigenvalue weighted by Crippen LogP contribution is -2.32. The molecule has 1 atom stereocenters. The van der Waals surface area contributed by atoms with E-state index in [4.69, 9.17) is 9.37 Å². The number of carbonyl (C=O) groups is 1. The first-order chi connectivity index (χ1) is 13.0. The highest BCUT2D eigenvalue weighted by Crippen LogP contribution is 2.26. The predicted molar refractivity (Wildman–Crippen MR) is 98.9 cm³/mol. The van der Waals surface area contributed by atoms with Gasteiger partial charge in [-0.05, 0) is 72.0 Å². The maximum atomic E-state index is 13.0. The molecule has 0 radical (unpaired) electrons. The Bertz CT molecular complexity index is 938. The van der Waals surface area contributed by atoms with Crippen LogP contribution in [0.4, 0.5) is 10.2 Å². The Kier molecular flexibility index (Phi) is 5.49. The van der Waals surface area contributed by atoms with Crippen LogP contribution in [-0.2, 0) is 4.79 Å². The zero-order chi connectivity index (χ0) is 19.4. The van der Waals surface area contributed by atoms with Crippen molar-refractivity contribution in [2.24, 2.45) is 0 Å². The van der Waals surface area contributed by atoms with E-state index in [0.29, 0.717) is 17.9 Å². The molecule has 3 rings (SSSR count). The molecule has 7 heteroatoms. The molecule has 0 aliphatic carbocycles. The van der Waals surface area contributed by atoms with Gasteiger partial charge in [0.1, 0.15) is 11.6 Å². The summed E-state index contributed by atoms with van der Waals surface area (Å²) in [7, 11) is 0. The van der Waals surface area contributed by atoms with Gasteiger partial charge in [0.15, 0.2) is 11.8 Å². The van der Waals surface area contributed by atoms with E-state index in [2.05, 4.69) is 15.6 Å². The molecule has 140 valence electrons. The Morgan fingerprint density at radius 1 is 1.15 bits per heavy atom. The van der Waals surface area contributed by atoms with E-state index in [0.717, 1.165) is 16.7 Å². The number of halogens is 1. The molecular formula is C20H20FN3O3. The largest absolute Gasteiger partial charge is 0.481 e. The molecule has 1 heterocycles. The van der Waals surface area contributed by atoms with Crippen LogP contribution < -0.4 is 10.1 Å². The molecule has 1 N–H and O–H groups in total. The number of carbonyl (C=O) groups excluding carboxylic acids is 1. The lowest BCUT2D eigenvalue weighted by Gasteiger charge is -2.16. The molecule has 27 heavy (non-hydrogen) atoms. The van der Waals surface area contributed by atoms with Gasteiger partial charge in [0.2, 0.25) is 5.82 Å². The quantitative estimate of drug-likeness (QED) is 0.701. The van der Waals surface area contributed by atoms with Gasteiger partial charge in [-0.25, -0.2) is 9.02 Å². The highest BCUT2D eigenvalue weighted by atomic mass is 19.1. The van der Waals surface area contributed by atoms with Crippen molar-refractivity contribution < 1.29 is 18.6 Å². The fourth-order valence-corrected chi connectivity index (χ4v) is 2.55. The van der Waals surface area contributed by atoms with Gasteiger partial charge < -0.3 is 10.1 Å². The van der Waals surface area contributed by atoms with Gasteiger partial charge in [-0.1, -0.05) is 19.1 Å². The van der Waals surface area contributed by atoms with Crippen molar-refractivity contribution in [3.05, 3.63) is 59.4 Å². The van der Waals surface area contributed by atoms with Crippen LogP contribution in [0.1, 0.15) is 24.5 Å². The first-order valence-electron chi connectivity index (χ1n) is 8.61. The highest BCUT2D eigenvalue weighted by Gasteiger charge is 2.22. The summed E-state index contributed by atoms with van der Waals surface area (Å²) in [5, 5.41) is 10.4. The molecule has 1 unspecified atom stereocenters. The van der Waals surface area contributed by atoms with Crippen LogP contribution in [0.5, 0.6) is 5.75 Å². The molecule has 3 aromatic rings. The lowest BCUT2D eigenvalue weighted by atomic mass is 10.0. The number of anilines is 1. The average Bonchev–Trinajstić information content (AvgIpc) is 3.11. The first kappa shape index (κ1) is 18.6. The van der Waals surface area contributed by atoms with E-state index >= 15 is 0 Å². The number of benzene rings is 2. The predicted octanol–water partition coefficient (Wildman–Crippen LogP) is 4.29. The van der Waals surface area contributed by atoms with E-state index in [1.54, 1.807) is 0 Å². The maximum Gasteiger partial charge on any atom is 0.266 e. The Morgan fingerprint density at radius 3 is 2.56 bits per heavy atom. The number of nitrogens with one attached hydrogen (secondary N) is 1. The summed E-state index contributed by atoms with van der Waals surface area (Å²) in [4.78, 5) is 12.6. The molecule has 0 bridgehead atoms. The van der Waals surface area contributed by atoms with Gasteiger partial charge in [-0.2, -0.15) is 0 Å². The summed E-state index contributed by atoms with van der Waals surface area (Å²) in [5.74, 6) is -0.121. The number of rotatable bonds is 6. The minimum atomic E-state index is -0.764. The number of hydrogen-bond acceptors (Lipinski definition) is 5. The van der Waals surface area contributed by atoms with Crippen molar-refractivity contribution >= 4 is 11.7 Å². The molecule has 0 saturated heterocycles. The van der Waals surface area contributed by atoms with Crippen LogP contribution in [0.2, 0.25) is 0 Å². The number of aryl methyl sites for hydroxylation is 2. The van der Waals surface area contributed by atoms with E-state index in [1.165, 1.54) is 24.3 Å². The SMILES string of the molecule is CCC(Oc1ccc(F)cc1)C(=O)Nc1nonc1-c1ccc(C)c(C)c1. The van der Waals surface area contributed by atoms with Crippen LogP contribution in [0.3, 0.4) is 0 Å². The van der Waals surface area contributed by atoms with Crippen molar-refractivity contribution in [1.82, 2.24) is 10.3 Å². The molecule has 1 aromatic heterocycles. The van der Waals surface area contributed by atoms with Crippen molar-refractivity contribution in [1.29, 1.82) is 0 Å². The summed E-state index contributed by atoms with van der Waals surface area (Å²) in [6.45, 7) is 5.83. The Labute approximate surface area is 156 Å². The summed E-state index contributed by atoms with van der Waals surface area (Å²) in [5.41, 5.74) is 3.49. The van der Waals surface area contributed by atoms with E-state index in [1.807, 2.05) is 39.0 Å². The lowest BCUT2D eigenvalue weighted by molar-refractivity contribution is -0.122. The fourth-order valence-electron chi connectivity index (χ4n) is 2.55. The van der Waals surface area contributed by atoms with Crippen LogP contribution in [0, 0.1) is 19.7 Å². The molecule has 0 saturated carbocycles. The third kappa shape index (κ3) is 4.31. The third-order valence-corrected chi connectivity index (χ3v) is 4.27. The monoisotopic (exact) mass is 369 g/mol. The minimum absolute atomic E-state index is 0.226. The molecule has 0 aliphatic heterocycles. The van der Waals surface area contributed by atoms with E-state index < -0.39 is 6.10 Å². The molecule has 0 spiro atoms. The Balaban J connectivity index is 1.76. The Hall–Kier alpha value is -3.22. The minimum Gasteiger partial charge on any atom is -0.481 e. The summed E-state index contributed by atoms with van der Waals surface area (Å²) in [6, 6.07) is 11.3. The average molecular weight is 369 g/mol. The molecule has 6 nitrogen and oxygen atoms in total. The molecule has 0 aliphatic rings. The maximum absolute atomic E-state index is 13.0. The first-order valence-corrected chi connectivity index (χ1v) is 8.61. The van der Waals surface area contributed by atoms with Crippen LogP contribution in [0.25, 0.3) is 11.3 Å². The van der Waals surface area contributed by atoms with E-state index in [9.17, 15) is 9.18 Å². The summed E-state index contributed by atoms with van der Waals surface area (Å²) in [6.07, 6.45) is -0.340. The van der Waals surface area contributed by atoms with Gasteiger partial charge in [0, 0.05) is 5.56 Å². The number of nitrogens with zero attached hydrogens (tertiary/aromatic N) is 2. The van der Waals surface area contributed by atoms with Gasteiger partial charge in [0.25, 0.3) is 5.91 Å². The second-order valence-electron chi connectivity index (χ2n) is 6.22. The van der Waals surface area contributed by atoms with Gasteiger partial charge in [-0.15, -0.1) is 0 Å². The number of amides is 1. The molecule has 0 fully saturated rings. The van der Waals surface area contributed by atoms with Crippen LogP contribution >= 0.6 is 0 Å². The number of aromatic nitrogens is 2. The third-order valence-electron chi connectivity index (χ3n) is 4.27. The summed E-state index contributed by atoms with van der Waals surface area (Å²) >= 11 is 0. The highest BCUT2D eigenvalue weighted by molar-refractivity contribution is 5.96. The van der Waals surface area contributed by atoms with E-state index in [-0.39, 0.29) is 17.5 Å². The van der Waals surface area contributed by atoms with Crippen molar-refractivity contribution in [3.8, 4) is 17.0 Å². The van der Waals surface area contributed by atoms with Gasteiger partial charge in [0.05, 0.1) is 0 Å². The molecule has 1 amide bonds. The van der Waals surface area contributed by atoms with Gasteiger partial charge >= 0.3 is 0 Å². The topological polar surface area (TPSA) is 77.2 Å². The number of ether oxygens (including phenoxy) is 1. The second kappa shape index (κ2) is 7.99. The van der Waals surface area contributed by atoms with Crippen molar-refractivity contribution in [3.63, 3.8) is 0 Å². The van der Waals surface area contributed by atoms with Gasteiger partial charge in [-0.3, -0.25) is 4.79 Å². The zero-order valence-corrected chi connectivity index (χ0v) is 15.3. The smallest absolute Gasteiger partial charge is 0.266 e. The summed E-state index contributed by atoms with van der Waals surface area (Å²) < 4.78 is 23.5. The van der Waals surface area contributed by atoms with Crippen molar-refractivity contribution in [2.45, 2.75) is 33.3 Å². The normalized spacial score (nSPS) is 11.9. The Morgan fingerprint density at radius 2 is 1.89 bits per heavy atom. The molecular weight excluding hydrogens is 349 g/mol. The van der Waals surface area contributed by atoms with Crippen molar-refractivity contribution in [2.75, 3.05) is 5.32 Å². The number of hydrogen-bond donors (Lipinski definition) is 1. The standard InChI is InChI=1S/C20H20FN3O3/c1-4-17(26-16-9-7-15(21)8-10-16)20(25)22-19-18(23-27-24-19)14-6-5-12(2)13(3)11-14/h5-11,17H,4H2,1-3H3,(H,22,24,25). The zero-order valence-electron chi connectivity index (χ0n) is 15.3. The second-order valence-corrected chi connectivity index (χ2v) is 6.22. The fraction of sp³-hybridized carbons (Fsp3) is 0.250. The molecule has 2 aromatic carbocycles.